The minimum Gasteiger partial charge on any atom is -0.298 e. The number of carbonyl (C=O) groups is 2. The van der Waals surface area contributed by atoms with E-state index in [0.29, 0.717) is 11.8 Å². The van der Waals surface area contributed by atoms with Crippen LogP contribution in [0.25, 0.3) is 0 Å². The minimum absolute atomic E-state index is 0.178. The molecule has 1 rings (SSSR count). The summed E-state index contributed by atoms with van der Waals surface area (Å²) in [5.41, 5.74) is 0.960. The topological polar surface area (TPSA) is 34.1 Å². The largest absolute Gasteiger partial charge is 0.298 e. The highest BCUT2D eigenvalue weighted by Gasteiger charge is 2.17. The number of hydrogen-bond acceptors (Lipinski definition) is 2. The van der Waals surface area contributed by atoms with Gasteiger partial charge in [0.1, 0.15) is 5.82 Å². The van der Waals surface area contributed by atoms with E-state index in [0.717, 1.165) is 6.07 Å². The van der Waals surface area contributed by atoms with E-state index in [1.54, 1.807) is 20.8 Å². The lowest BCUT2D eigenvalue weighted by Gasteiger charge is -2.09. The molecule has 0 aromatic heterocycles. The van der Waals surface area contributed by atoms with Crippen LogP contribution in [0.4, 0.5) is 4.39 Å². The predicted molar refractivity (Wildman–Crippen MR) is 55.7 cm³/mol. The van der Waals surface area contributed by atoms with Gasteiger partial charge in [0, 0.05) is 17.0 Å². The molecular formula is C12H13FO2. The van der Waals surface area contributed by atoms with Gasteiger partial charge in [0.2, 0.25) is 0 Å². The van der Waals surface area contributed by atoms with E-state index in [1.165, 1.54) is 6.07 Å². The maximum Gasteiger partial charge on any atom is 0.166 e. The molecule has 0 aliphatic rings. The van der Waals surface area contributed by atoms with Crippen LogP contribution >= 0.6 is 0 Å². The summed E-state index contributed by atoms with van der Waals surface area (Å²) in [6.45, 7) is 5.05. The van der Waals surface area contributed by atoms with Gasteiger partial charge in [-0.2, -0.15) is 0 Å². The molecule has 0 heterocycles. The van der Waals surface area contributed by atoms with Crippen LogP contribution < -0.4 is 0 Å². The summed E-state index contributed by atoms with van der Waals surface area (Å²) in [5, 5.41) is 0. The van der Waals surface area contributed by atoms with Crippen LogP contribution in [0.3, 0.4) is 0 Å². The molecule has 0 spiro atoms. The molecule has 3 heteroatoms. The van der Waals surface area contributed by atoms with Crippen molar-refractivity contribution >= 4 is 12.1 Å². The molecule has 0 fully saturated rings. The summed E-state index contributed by atoms with van der Waals surface area (Å²) in [6, 6.07) is 2.37. The summed E-state index contributed by atoms with van der Waals surface area (Å²) in [5.74, 6) is -0.938. The van der Waals surface area contributed by atoms with Gasteiger partial charge in [0.15, 0.2) is 12.1 Å². The van der Waals surface area contributed by atoms with Gasteiger partial charge in [-0.3, -0.25) is 9.59 Å². The monoisotopic (exact) mass is 208 g/mol. The molecule has 1 aromatic rings. The number of halogens is 1. The SMILES string of the molecule is Cc1cc(F)cc(C(=O)C(C)C)c1C=O. The Bertz CT molecular complexity index is 408. The van der Waals surface area contributed by atoms with E-state index in [4.69, 9.17) is 0 Å². The lowest BCUT2D eigenvalue weighted by molar-refractivity contribution is 0.0933. The third-order valence-corrected chi connectivity index (χ3v) is 2.26. The molecule has 15 heavy (non-hydrogen) atoms. The maximum absolute atomic E-state index is 13.1. The van der Waals surface area contributed by atoms with Crippen LogP contribution in [0, 0.1) is 18.7 Å². The van der Waals surface area contributed by atoms with Crippen molar-refractivity contribution < 1.29 is 14.0 Å². The van der Waals surface area contributed by atoms with Crippen LogP contribution in [-0.2, 0) is 0 Å². The first-order chi connectivity index (χ1) is 6.97. The Hall–Kier alpha value is -1.51. The molecule has 0 amide bonds. The van der Waals surface area contributed by atoms with Crippen LogP contribution in [0.1, 0.15) is 40.1 Å². The fourth-order valence-corrected chi connectivity index (χ4v) is 1.43. The van der Waals surface area contributed by atoms with Crippen molar-refractivity contribution in [2.24, 2.45) is 5.92 Å². The summed E-state index contributed by atoms with van der Waals surface area (Å²) < 4.78 is 13.1. The number of benzene rings is 1. The van der Waals surface area contributed by atoms with Crippen molar-refractivity contribution in [2.45, 2.75) is 20.8 Å². The van der Waals surface area contributed by atoms with Gasteiger partial charge in [0.05, 0.1) is 0 Å². The summed E-state index contributed by atoms with van der Waals surface area (Å²) in [4.78, 5) is 22.5. The number of ketones is 1. The zero-order chi connectivity index (χ0) is 11.6. The lowest BCUT2D eigenvalue weighted by Crippen LogP contribution is -2.12. The fraction of sp³-hybridized carbons (Fsp3) is 0.333. The molecule has 0 unspecified atom stereocenters. The number of Topliss-reactive ketones (excluding diaryl/α,β-unsaturated/α-hetero) is 1. The average Bonchev–Trinajstić information content (AvgIpc) is 2.15. The van der Waals surface area contributed by atoms with Crippen molar-refractivity contribution in [1.29, 1.82) is 0 Å². The Kier molecular flexibility index (Phi) is 3.35. The smallest absolute Gasteiger partial charge is 0.166 e. The average molecular weight is 208 g/mol. The zero-order valence-electron chi connectivity index (χ0n) is 9.00. The molecule has 0 N–H and O–H groups in total. The standard InChI is InChI=1S/C12H13FO2/c1-7(2)12(15)10-5-9(13)4-8(3)11(10)6-14/h4-7H,1-3H3. The van der Waals surface area contributed by atoms with E-state index in [2.05, 4.69) is 0 Å². The highest BCUT2D eigenvalue weighted by Crippen LogP contribution is 2.18. The van der Waals surface area contributed by atoms with Gasteiger partial charge in [0.25, 0.3) is 0 Å². The maximum atomic E-state index is 13.1. The first-order valence-electron chi connectivity index (χ1n) is 4.77. The molecule has 0 aliphatic heterocycles. The second-order valence-corrected chi connectivity index (χ2v) is 3.82. The third-order valence-electron chi connectivity index (χ3n) is 2.26. The Morgan fingerprint density at radius 2 is 2.00 bits per heavy atom. The number of carbonyl (C=O) groups excluding carboxylic acids is 2. The Labute approximate surface area is 88.1 Å². The highest BCUT2D eigenvalue weighted by molar-refractivity contribution is 6.04. The van der Waals surface area contributed by atoms with Gasteiger partial charge >= 0.3 is 0 Å². The lowest BCUT2D eigenvalue weighted by atomic mass is 9.94. The van der Waals surface area contributed by atoms with E-state index < -0.39 is 5.82 Å². The molecule has 1 aromatic carbocycles. The van der Waals surface area contributed by atoms with Gasteiger partial charge in [-0.05, 0) is 24.6 Å². The number of aryl methyl sites for hydroxylation is 1. The van der Waals surface area contributed by atoms with Gasteiger partial charge in [-0.25, -0.2) is 4.39 Å². The fourth-order valence-electron chi connectivity index (χ4n) is 1.43. The van der Waals surface area contributed by atoms with Crippen molar-refractivity contribution in [2.75, 3.05) is 0 Å². The molecule has 0 saturated heterocycles. The van der Waals surface area contributed by atoms with Crippen molar-refractivity contribution in [1.82, 2.24) is 0 Å². The van der Waals surface area contributed by atoms with Crippen molar-refractivity contribution in [3.63, 3.8) is 0 Å². The highest BCUT2D eigenvalue weighted by atomic mass is 19.1. The predicted octanol–water partition coefficient (Wildman–Crippen LogP) is 2.79. The molecule has 0 saturated carbocycles. The number of hydrogen-bond donors (Lipinski definition) is 0. The Balaban J connectivity index is 3.39. The third kappa shape index (κ3) is 2.29. The molecule has 0 atom stereocenters. The first-order valence-corrected chi connectivity index (χ1v) is 4.77. The molecule has 2 nitrogen and oxygen atoms in total. The first kappa shape index (κ1) is 11.6. The van der Waals surface area contributed by atoms with Crippen LogP contribution in [0.5, 0.6) is 0 Å². The quantitative estimate of drug-likeness (QED) is 0.565. The molecular weight excluding hydrogens is 195 g/mol. The van der Waals surface area contributed by atoms with Crippen molar-refractivity contribution in [3.05, 3.63) is 34.6 Å². The van der Waals surface area contributed by atoms with Crippen LogP contribution in [0.15, 0.2) is 12.1 Å². The number of rotatable bonds is 3. The summed E-state index contributed by atoms with van der Waals surface area (Å²) >= 11 is 0. The zero-order valence-corrected chi connectivity index (χ0v) is 9.00. The Morgan fingerprint density at radius 1 is 1.40 bits per heavy atom. The molecule has 80 valence electrons. The van der Waals surface area contributed by atoms with Gasteiger partial charge in [-0.1, -0.05) is 13.8 Å². The molecule has 0 aliphatic carbocycles. The summed E-state index contributed by atoms with van der Waals surface area (Å²) in [7, 11) is 0. The van der Waals surface area contributed by atoms with E-state index in [9.17, 15) is 14.0 Å². The van der Waals surface area contributed by atoms with E-state index >= 15 is 0 Å². The van der Waals surface area contributed by atoms with E-state index in [-0.39, 0.29) is 22.8 Å². The van der Waals surface area contributed by atoms with Gasteiger partial charge in [-0.15, -0.1) is 0 Å². The van der Waals surface area contributed by atoms with Crippen LogP contribution in [0.2, 0.25) is 0 Å². The molecule has 0 radical (unpaired) electrons. The van der Waals surface area contributed by atoms with Crippen molar-refractivity contribution in [3.8, 4) is 0 Å². The second-order valence-electron chi connectivity index (χ2n) is 3.82. The Morgan fingerprint density at radius 3 is 2.47 bits per heavy atom. The molecule has 0 bridgehead atoms. The van der Waals surface area contributed by atoms with E-state index in [1.807, 2.05) is 0 Å². The second kappa shape index (κ2) is 4.34. The number of aldehydes is 1. The van der Waals surface area contributed by atoms with Gasteiger partial charge < -0.3 is 0 Å². The normalized spacial score (nSPS) is 10.5. The van der Waals surface area contributed by atoms with Crippen LogP contribution in [-0.4, -0.2) is 12.1 Å². The minimum atomic E-state index is -0.484. The summed E-state index contributed by atoms with van der Waals surface area (Å²) in [6.07, 6.45) is 0.602.